The first kappa shape index (κ1) is 21.1. The second kappa shape index (κ2) is 9.00. The fourth-order valence-electron chi connectivity index (χ4n) is 5.07. The number of rotatable bonds is 3. The molecule has 1 aliphatic carbocycles. The molecular formula is C25H28N4O2S. The van der Waals surface area contributed by atoms with Crippen molar-refractivity contribution in [1.29, 1.82) is 0 Å². The zero-order chi connectivity index (χ0) is 22.1. The van der Waals surface area contributed by atoms with Crippen LogP contribution >= 0.6 is 12.2 Å². The Hall–Kier alpha value is -2.77. The van der Waals surface area contributed by atoms with Gasteiger partial charge in [0.15, 0.2) is 4.77 Å². The summed E-state index contributed by atoms with van der Waals surface area (Å²) in [4.78, 5) is 33.7. The van der Waals surface area contributed by atoms with E-state index >= 15 is 0 Å². The molecule has 0 radical (unpaired) electrons. The molecular weight excluding hydrogens is 420 g/mol. The number of benzene rings is 2. The SMILES string of the molecule is O=C(c1ccc(-n2c(=S)[nH]c3ccccc3c2=O)cc1)N1CCN(C2CCCCC2)CC1. The van der Waals surface area contributed by atoms with Crippen molar-refractivity contribution in [1.82, 2.24) is 19.4 Å². The average molecular weight is 449 g/mol. The summed E-state index contributed by atoms with van der Waals surface area (Å²) >= 11 is 5.43. The van der Waals surface area contributed by atoms with Gasteiger partial charge < -0.3 is 9.88 Å². The lowest BCUT2D eigenvalue weighted by atomic mass is 9.94. The number of nitrogens with zero attached hydrogens (tertiary/aromatic N) is 3. The number of hydrogen-bond donors (Lipinski definition) is 1. The van der Waals surface area contributed by atoms with Crippen LogP contribution in [0.2, 0.25) is 0 Å². The van der Waals surface area contributed by atoms with Gasteiger partial charge in [-0.2, -0.15) is 0 Å². The van der Waals surface area contributed by atoms with E-state index in [1.165, 1.54) is 36.7 Å². The van der Waals surface area contributed by atoms with Crippen molar-refractivity contribution in [2.45, 2.75) is 38.1 Å². The molecule has 5 rings (SSSR count). The van der Waals surface area contributed by atoms with Crippen LogP contribution in [0.25, 0.3) is 16.6 Å². The summed E-state index contributed by atoms with van der Waals surface area (Å²) in [6.07, 6.45) is 6.62. The average Bonchev–Trinajstić information content (AvgIpc) is 2.85. The Labute approximate surface area is 192 Å². The number of amides is 1. The summed E-state index contributed by atoms with van der Waals surface area (Å²) in [5.41, 5.74) is 1.85. The molecule has 7 heteroatoms. The second-order valence-electron chi connectivity index (χ2n) is 8.78. The Kier molecular flexibility index (Phi) is 5.93. The van der Waals surface area contributed by atoms with Crippen molar-refractivity contribution in [3.05, 3.63) is 69.2 Å². The maximum absolute atomic E-state index is 13.1. The molecule has 0 bridgehead atoms. The molecule has 3 aromatic rings. The highest BCUT2D eigenvalue weighted by Gasteiger charge is 2.27. The molecule has 0 atom stereocenters. The molecule has 0 unspecified atom stereocenters. The zero-order valence-corrected chi connectivity index (χ0v) is 18.9. The third-order valence-corrected chi connectivity index (χ3v) is 7.15. The van der Waals surface area contributed by atoms with Crippen LogP contribution in [0.4, 0.5) is 0 Å². The summed E-state index contributed by atoms with van der Waals surface area (Å²) in [6.45, 7) is 3.45. The highest BCUT2D eigenvalue weighted by molar-refractivity contribution is 7.71. The summed E-state index contributed by atoms with van der Waals surface area (Å²) in [6, 6.07) is 15.2. The van der Waals surface area contributed by atoms with E-state index in [2.05, 4.69) is 9.88 Å². The Morgan fingerprint density at radius 3 is 2.31 bits per heavy atom. The van der Waals surface area contributed by atoms with Crippen LogP contribution in [0.3, 0.4) is 0 Å². The fourth-order valence-corrected chi connectivity index (χ4v) is 5.37. The smallest absolute Gasteiger partial charge is 0.266 e. The van der Waals surface area contributed by atoms with Gasteiger partial charge in [0, 0.05) is 37.8 Å². The van der Waals surface area contributed by atoms with Gasteiger partial charge in [-0.25, -0.2) is 0 Å². The molecule has 1 amide bonds. The number of fused-ring (bicyclic) bond motifs is 1. The van der Waals surface area contributed by atoms with Crippen LogP contribution in [0.1, 0.15) is 42.5 Å². The van der Waals surface area contributed by atoms with Gasteiger partial charge >= 0.3 is 0 Å². The first-order valence-corrected chi connectivity index (χ1v) is 11.9. The van der Waals surface area contributed by atoms with Gasteiger partial charge in [-0.3, -0.25) is 19.1 Å². The minimum atomic E-state index is -0.165. The van der Waals surface area contributed by atoms with Crippen molar-refractivity contribution < 1.29 is 4.79 Å². The molecule has 32 heavy (non-hydrogen) atoms. The first-order valence-electron chi connectivity index (χ1n) is 11.5. The number of hydrogen-bond acceptors (Lipinski definition) is 4. The van der Waals surface area contributed by atoms with E-state index in [9.17, 15) is 9.59 Å². The van der Waals surface area contributed by atoms with Crippen molar-refractivity contribution in [3.63, 3.8) is 0 Å². The van der Waals surface area contributed by atoms with Gasteiger partial charge in [-0.05, 0) is 61.5 Å². The van der Waals surface area contributed by atoms with Crippen molar-refractivity contribution >= 4 is 29.0 Å². The molecule has 2 aliphatic rings. The topological polar surface area (TPSA) is 61.3 Å². The monoisotopic (exact) mass is 448 g/mol. The predicted octanol–water partition coefficient (Wildman–Crippen LogP) is 4.14. The Balaban J connectivity index is 1.31. The minimum absolute atomic E-state index is 0.0517. The summed E-state index contributed by atoms with van der Waals surface area (Å²) in [5.74, 6) is 0.0517. The molecule has 0 spiro atoms. The first-order chi connectivity index (χ1) is 15.6. The van der Waals surface area contributed by atoms with Crippen LogP contribution in [0.5, 0.6) is 0 Å². The van der Waals surface area contributed by atoms with Crippen molar-refractivity contribution in [3.8, 4) is 5.69 Å². The van der Waals surface area contributed by atoms with Gasteiger partial charge in [0.2, 0.25) is 0 Å². The molecule has 1 N–H and O–H groups in total. The molecule has 2 aromatic carbocycles. The third kappa shape index (κ3) is 4.02. The highest BCUT2D eigenvalue weighted by Crippen LogP contribution is 2.24. The molecule has 1 saturated heterocycles. The number of para-hydroxylation sites is 1. The van der Waals surface area contributed by atoms with Gasteiger partial charge in [-0.1, -0.05) is 31.4 Å². The summed E-state index contributed by atoms with van der Waals surface area (Å²) in [5, 5.41) is 0.581. The third-order valence-electron chi connectivity index (χ3n) is 6.87. The van der Waals surface area contributed by atoms with E-state index in [1.54, 1.807) is 30.3 Å². The molecule has 1 aliphatic heterocycles. The van der Waals surface area contributed by atoms with Crippen LogP contribution in [0.15, 0.2) is 53.3 Å². The van der Waals surface area contributed by atoms with Gasteiger partial charge in [-0.15, -0.1) is 0 Å². The quantitative estimate of drug-likeness (QED) is 0.612. The summed E-state index contributed by atoms with van der Waals surface area (Å²) in [7, 11) is 0. The Morgan fingerprint density at radius 2 is 1.59 bits per heavy atom. The second-order valence-corrected chi connectivity index (χ2v) is 9.17. The maximum atomic E-state index is 13.1. The fraction of sp³-hybridized carbons (Fsp3) is 0.400. The van der Waals surface area contributed by atoms with E-state index in [4.69, 9.17) is 12.2 Å². The number of aromatic nitrogens is 2. The van der Waals surface area contributed by atoms with Gasteiger partial charge in [0.1, 0.15) is 0 Å². The standard InChI is InChI=1S/C25H28N4O2S/c30-23(28-16-14-27(15-17-28)19-6-2-1-3-7-19)18-10-12-20(13-11-18)29-24(31)21-8-4-5-9-22(21)26-25(29)32/h4-5,8-13,19H,1-3,6-7,14-17H2,(H,26,32). The Bertz CT molecular complexity index is 1230. The molecule has 1 saturated carbocycles. The zero-order valence-electron chi connectivity index (χ0n) is 18.1. The van der Waals surface area contributed by atoms with E-state index in [-0.39, 0.29) is 11.5 Å². The molecule has 1 aromatic heterocycles. The molecule has 2 fully saturated rings. The number of piperazine rings is 1. The van der Waals surface area contributed by atoms with E-state index in [1.807, 2.05) is 23.1 Å². The van der Waals surface area contributed by atoms with Gasteiger partial charge in [0.25, 0.3) is 11.5 Å². The number of carbonyl (C=O) groups is 1. The van der Waals surface area contributed by atoms with Crippen LogP contribution in [-0.4, -0.2) is 57.5 Å². The van der Waals surface area contributed by atoms with Gasteiger partial charge in [0.05, 0.1) is 16.6 Å². The summed E-state index contributed by atoms with van der Waals surface area (Å²) < 4.78 is 1.82. The van der Waals surface area contributed by atoms with Crippen LogP contribution in [-0.2, 0) is 0 Å². The lowest BCUT2D eigenvalue weighted by Gasteiger charge is -2.40. The Morgan fingerprint density at radius 1 is 0.906 bits per heavy atom. The highest BCUT2D eigenvalue weighted by atomic mass is 32.1. The van der Waals surface area contributed by atoms with Crippen molar-refractivity contribution in [2.75, 3.05) is 26.2 Å². The lowest BCUT2D eigenvalue weighted by Crippen LogP contribution is -2.52. The van der Waals surface area contributed by atoms with E-state index < -0.39 is 0 Å². The normalized spacial score (nSPS) is 18.2. The van der Waals surface area contributed by atoms with E-state index in [0.29, 0.717) is 27.4 Å². The number of carbonyl (C=O) groups excluding carboxylic acids is 1. The number of nitrogens with one attached hydrogen (secondary N) is 1. The molecule has 166 valence electrons. The van der Waals surface area contributed by atoms with Crippen molar-refractivity contribution in [2.24, 2.45) is 0 Å². The predicted molar refractivity (Wildman–Crippen MR) is 129 cm³/mol. The van der Waals surface area contributed by atoms with E-state index in [0.717, 1.165) is 31.7 Å². The molecule has 2 heterocycles. The minimum Gasteiger partial charge on any atom is -0.336 e. The van der Waals surface area contributed by atoms with Crippen LogP contribution < -0.4 is 5.56 Å². The van der Waals surface area contributed by atoms with Crippen LogP contribution in [0, 0.1) is 4.77 Å². The lowest BCUT2D eigenvalue weighted by molar-refractivity contribution is 0.0523. The largest absolute Gasteiger partial charge is 0.336 e. The number of aromatic amines is 1. The molecule has 6 nitrogen and oxygen atoms in total. The number of H-pyrrole nitrogens is 1. The maximum Gasteiger partial charge on any atom is 0.266 e.